The molecule has 1 saturated carbocycles. The Balaban J connectivity index is 1.34. The van der Waals surface area contributed by atoms with E-state index in [-0.39, 0.29) is 29.7 Å². The Labute approximate surface area is 224 Å². The second-order valence-corrected chi connectivity index (χ2v) is 11.7. The number of hydrogen-bond donors (Lipinski definition) is 3. The van der Waals surface area contributed by atoms with Crippen molar-refractivity contribution in [3.8, 4) is 0 Å². The normalized spacial score (nSPS) is 21.9. The Hall–Kier alpha value is -2.95. The molecule has 9 nitrogen and oxygen atoms in total. The highest BCUT2D eigenvalue weighted by Gasteiger charge is 2.37. The van der Waals surface area contributed by atoms with E-state index in [9.17, 15) is 14.4 Å². The number of aromatic amines is 1. The maximum atomic E-state index is 13.3. The van der Waals surface area contributed by atoms with Crippen molar-refractivity contribution in [2.45, 2.75) is 44.3 Å². The monoisotopic (exact) mass is 542 g/mol. The molecule has 3 aromatic rings. The van der Waals surface area contributed by atoms with Crippen molar-refractivity contribution in [3.05, 3.63) is 50.6 Å². The summed E-state index contributed by atoms with van der Waals surface area (Å²) < 4.78 is 0. The number of amides is 3. The maximum absolute atomic E-state index is 13.3. The minimum Gasteiger partial charge on any atom is -0.351 e. The van der Waals surface area contributed by atoms with Gasteiger partial charge in [-0.15, -0.1) is 11.3 Å². The maximum Gasteiger partial charge on any atom is 0.280 e. The number of rotatable bonds is 5. The number of hydrogen-bond acceptors (Lipinski definition) is 6. The molecule has 2 aromatic heterocycles. The van der Waals surface area contributed by atoms with Gasteiger partial charge in [0.2, 0.25) is 5.91 Å². The molecular weight excluding hydrogens is 512 g/mol. The van der Waals surface area contributed by atoms with Gasteiger partial charge in [-0.3, -0.25) is 14.4 Å². The number of halogens is 1. The van der Waals surface area contributed by atoms with Crippen LogP contribution in [0.3, 0.4) is 0 Å². The summed E-state index contributed by atoms with van der Waals surface area (Å²) in [5, 5.41) is 8.07. The third-order valence-electron chi connectivity index (χ3n) is 7.22. The van der Waals surface area contributed by atoms with Crippen LogP contribution < -0.4 is 10.6 Å². The van der Waals surface area contributed by atoms with Gasteiger partial charge in [-0.25, -0.2) is 4.98 Å². The van der Waals surface area contributed by atoms with Gasteiger partial charge >= 0.3 is 0 Å². The second kappa shape index (κ2) is 10.4. The van der Waals surface area contributed by atoms with Crippen molar-refractivity contribution in [2.75, 3.05) is 27.7 Å². The van der Waals surface area contributed by atoms with E-state index in [1.807, 2.05) is 6.07 Å². The van der Waals surface area contributed by atoms with Gasteiger partial charge < -0.3 is 25.4 Å². The van der Waals surface area contributed by atoms with Crippen LogP contribution in [0.15, 0.2) is 24.3 Å². The van der Waals surface area contributed by atoms with Crippen LogP contribution in [0.5, 0.6) is 0 Å². The number of aromatic nitrogens is 2. The summed E-state index contributed by atoms with van der Waals surface area (Å²) in [6, 6.07) is 6.45. The zero-order chi connectivity index (χ0) is 26.3. The van der Waals surface area contributed by atoms with Gasteiger partial charge in [-0.2, -0.15) is 0 Å². The number of carbonyl (C=O) groups excluding carboxylic acids is 3. The molecule has 0 saturated heterocycles. The van der Waals surface area contributed by atoms with E-state index in [1.165, 1.54) is 11.3 Å². The van der Waals surface area contributed by atoms with Crippen LogP contribution in [-0.4, -0.2) is 77.3 Å². The number of fused-ring (bicyclic) bond motifs is 2. The molecule has 3 amide bonds. The van der Waals surface area contributed by atoms with Gasteiger partial charge in [0.1, 0.15) is 5.69 Å². The van der Waals surface area contributed by atoms with Gasteiger partial charge in [0.15, 0.2) is 5.01 Å². The molecule has 11 heteroatoms. The number of likely N-dealkylation sites (N-methyl/N-ethyl adjacent to an activating group) is 1. The average Bonchev–Trinajstić information content (AvgIpc) is 3.48. The summed E-state index contributed by atoms with van der Waals surface area (Å²) >= 11 is 7.51. The first-order valence-corrected chi connectivity index (χ1v) is 13.7. The van der Waals surface area contributed by atoms with Crippen LogP contribution in [0, 0.1) is 5.92 Å². The third kappa shape index (κ3) is 5.51. The number of H-pyrrole nitrogens is 1. The van der Waals surface area contributed by atoms with Crippen LogP contribution in [0.2, 0.25) is 5.02 Å². The fraction of sp³-hybridized carbons (Fsp3) is 0.462. The van der Waals surface area contributed by atoms with Crippen molar-refractivity contribution in [2.24, 2.45) is 5.92 Å². The topological polar surface area (TPSA) is 110 Å². The van der Waals surface area contributed by atoms with Gasteiger partial charge in [-0.1, -0.05) is 11.6 Å². The fourth-order valence-corrected chi connectivity index (χ4v) is 6.49. The van der Waals surface area contributed by atoms with Crippen LogP contribution in [-0.2, 0) is 17.8 Å². The highest BCUT2D eigenvalue weighted by atomic mass is 35.5. The van der Waals surface area contributed by atoms with Crippen molar-refractivity contribution in [3.63, 3.8) is 0 Å². The summed E-state index contributed by atoms with van der Waals surface area (Å²) in [5.41, 5.74) is 2.23. The first kappa shape index (κ1) is 25.7. The van der Waals surface area contributed by atoms with Crippen molar-refractivity contribution in [1.82, 2.24) is 30.4 Å². The molecule has 0 radical (unpaired) electrons. The second-order valence-electron chi connectivity index (χ2n) is 10.2. The number of benzene rings is 1. The molecule has 2 aliphatic rings. The van der Waals surface area contributed by atoms with Gasteiger partial charge in [0.05, 0.1) is 11.7 Å². The Morgan fingerprint density at radius 2 is 1.92 bits per heavy atom. The number of carbonyl (C=O) groups is 3. The van der Waals surface area contributed by atoms with E-state index in [2.05, 4.69) is 32.5 Å². The van der Waals surface area contributed by atoms with Crippen molar-refractivity contribution >= 4 is 51.6 Å². The zero-order valence-electron chi connectivity index (χ0n) is 21.1. The quantitative estimate of drug-likeness (QED) is 0.459. The van der Waals surface area contributed by atoms with Crippen molar-refractivity contribution in [1.29, 1.82) is 0 Å². The third-order valence-corrected chi connectivity index (χ3v) is 8.53. The summed E-state index contributed by atoms with van der Waals surface area (Å²) in [6.45, 7) is 1.71. The molecule has 0 bridgehead atoms. The summed E-state index contributed by atoms with van der Waals surface area (Å²) in [5.74, 6) is -0.711. The van der Waals surface area contributed by atoms with Crippen molar-refractivity contribution < 1.29 is 14.4 Å². The summed E-state index contributed by atoms with van der Waals surface area (Å²) in [6.07, 6.45) is 2.48. The Kier molecular flexibility index (Phi) is 7.24. The predicted octanol–water partition coefficient (Wildman–Crippen LogP) is 3.05. The molecule has 1 aromatic carbocycles. The van der Waals surface area contributed by atoms with Crippen LogP contribution in [0.25, 0.3) is 10.9 Å². The average molecular weight is 543 g/mol. The van der Waals surface area contributed by atoms with E-state index in [4.69, 9.17) is 11.6 Å². The van der Waals surface area contributed by atoms with Crippen LogP contribution in [0.1, 0.15) is 50.1 Å². The molecule has 1 aliphatic heterocycles. The molecule has 196 valence electrons. The van der Waals surface area contributed by atoms with E-state index in [0.29, 0.717) is 35.0 Å². The molecule has 1 aliphatic carbocycles. The molecule has 3 heterocycles. The molecular formula is C26H31ClN6O3S. The molecule has 3 N–H and O–H groups in total. The lowest BCUT2D eigenvalue weighted by atomic mass is 9.81. The molecule has 2 unspecified atom stereocenters. The lowest BCUT2D eigenvalue weighted by Crippen LogP contribution is -2.56. The van der Waals surface area contributed by atoms with E-state index >= 15 is 0 Å². The van der Waals surface area contributed by atoms with E-state index in [1.54, 1.807) is 37.2 Å². The molecule has 37 heavy (non-hydrogen) atoms. The molecule has 3 atom stereocenters. The number of nitrogens with zero attached hydrogens (tertiary/aromatic N) is 3. The van der Waals surface area contributed by atoms with E-state index < -0.39 is 6.04 Å². The Bertz CT molecular complexity index is 1350. The van der Waals surface area contributed by atoms with Gasteiger partial charge in [0, 0.05) is 66.4 Å². The van der Waals surface area contributed by atoms with Gasteiger partial charge in [-0.05, 0) is 50.6 Å². The first-order valence-electron chi connectivity index (χ1n) is 12.5. The van der Waals surface area contributed by atoms with Crippen LogP contribution >= 0.6 is 22.9 Å². The summed E-state index contributed by atoms with van der Waals surface area (Å²) in [4.78, 5) is 51.8. The van der Waals surface area contributed by atoms with Crippen LogP contribution in [0.4, 0.5) is 0 Å². The fourth-order valence-electron chi connectivity index (χ4n) is 5.21. The highest BCUT2D eigenvalue weighted by molar-refractivity contribution is 7.13. The Morgan fingerprint density at radius 1 is 1.14 bits per heavy atom. The SMILES string of the molecule is CN1CCc2nc(C(=O)NC3C[C@H](C(=O)N(C)C)CCC3NC(=O)c3cc4cc(Cl)ccc4[nH]3)sc2C1. The smallest absolute Gasteiger partial charge is 0.280 e. The van der Waals surface area contributed by atoms with E-state index in [0.717, 1.165) is 41.0 Å². The minimum absolute atomic E-state index is 0.0317. The number of nitrogens with one attached hydrogen (secondary N) is 3. The minimum atomic E-state index is -0.401. The first-order chi connectivity index (χ1) is 17.7. The Morgan fingerprint density at radius 3 is 2.70 bits per heavy atom. The molecule has 5 rings (SSSR count). The number of thiazole rings is 1. The molecule has 0 spiro atoms. The largest absolute Gasteiger partial charge is 0.351 e. The lowest BCUT2D eigenvalue weighted by molar-refractivity contribution is -0.134. The summed E-state index contributed by atoms with van der Waals surface area (Å²) in [7, 11) is 5.54. The van der Waals surface area contributed by atoms with Gasteiger partial charge in [0.25, 0.3) is 11.8 Å². The molecule has 1 fully saturated rings. The zero-order valence-corrected chi connectivity index (χ0v) is 22.7. The standard InChI is InChI=1S/C26H31ClN6O3S/c1-32(2)26(36)14-4-6-18(29-23(34)21-12-15-10-16(27)5-7-17(15)28-21)20(11-14)30-24(35)25-31-19-8-9-33(3)13-22(19)37-25/h5,7,10,12,14,18,20,28H,4,6,8-9,11,13H2,1-3H3,(H,29,34)(H,30,35)/t14-,18?,20?/m1/s1. The predicted molar refractivity (Wildman–Crippen MR) is 144 cm³/mol. The highest BCUT2D eigenvalue weighted by Crippen LogP contribution is 2.29. The lowest BCUT2D eigenvalue weighted by Gasteiger charge is -2.37.